The minimum atomic E-state index is 0. The molecule has 0 aliphatic heterocycles. The predicted molar refractivity (Wildman–Crippen MR) is 115 cm³/mol. The number of fused-ring (bicyclic) bond motifs is 1. The maximum atomic E-state index is 5.99. The van der Waals surface area contributed by atoms with Gasteiger partial charge < -0.3 is 5.73 Å². The Morgan fingerprint density at radius 1 is 0.889 bits per heavy atom. The van der Waals surface area contributed by atoms with Gasteiger partial charge in [-0.25, -0.2) is 4.98 Å². The van der Waals surface area contributed by atoms with E-state index in [0.717, 1.165) is 44.5 Å². The Bertz CT molecular complexity index is 1060. The number of benzene rings is 2. The molecule has 0 radical (unpaired) electrons. The molecule has 2 heterocycles. The average molecular weight is 376 g/mol. The lowest BCUT2D eigenvalue weighted by Gasteiger charge is -2.13. The van der Waals surface area contributed by atoms with Crippen molar-refractivity contribution in [2.45, 2.75) is 19.9 Å². The molecule has 0 saturated heterocycles. The van der Waals surface area contributed by atoms with E-state index in [1.807, 2.05) is 32.2 Å². The molecule has 0 saturated carbocycles. The van der Waals surface area contributed by atoms with Crippen LogP contribution in [0.3, 0.4) is 0 Å². The summed E-state index contributed by atoms with van der Waals surface area (Å²) >= 11 is 0. The third-order valence-electron chi connectivity index (χ3n) is 4.74. The normalized spacial score (nSPS) is 11.8. The summed E-state index contributed by atoms with van der Waals surface area (Å²) in [6, 6.07) is 22.9. The number of nitrogens with zero attached hydrogens (tertiary/aromatic N) is 2. The van der Waals surface area contributed by atoms with Crippen molar-refractivity contribution in [2.75, 3.05) is 0 Å². The lowest BCUT2D eigenvalue weighted by atomic mass is 9.96. The summed E-state index contributed by atoms with van der Waals surface area (Å²) in [5.74, 6) is 0. The average Bonchev–Trinajstić information content (AvgIpc) is 2.68. The van der Waals surface area contributed by atoms with Gasteiger partial charge in [0.15, 0.2) is 0 Å². The number of aryl methyl sites for hydroxylation is 1. The second-order valence-corrected chi connectivity index (χ2v) is 6.62. The Hall–Kier alpha value is -2.75. The number of aromatic nitrogens is 2. The van der Waals surface area contributed by atoms with Gasteiger partial charge in [-0.1, -0.05) is 54.6 Å². The van der Waals surface area contributed by atoms with Gasteiger partial charge in [-0.3, -0.25) is 4.98 Å². The van der Waals surface area contributed by atoms with Crippen LogP contribution in [0.25, 0.3) is 33.3 Å². The van der Waals surface area contributed by atoms with Gasteiger partial charge >= 0.3 is 0 Å². The van der Waals surface area contributed by atoms with Crippen LogP contribution in [0.4, 0.5) is 0 Å². The number of rotatable bonds is 3. The van der Waals surface area contributed by atoms with Crippen molar-refractivity contribution in [3.05, 3.63) is 84.2 Å². The van der Waals surface area contributed by atoms with E-state index in [1.165, 1.54) is 0 Å². The molecule has 0 bridgehead atoms. The fourth-order valence-electron chi connectivity index (χ4n) is 3.24. The molecule has 3 nitrogen and oxygen atoms in total. The van der Waals surface area contributed by atoms with Crippen molar-refractivity contribution in [1.29, 1.82) is 0 Å². The molecule has 4 rings (SSSR count). The summed E-state index contributed by atoms with van der Waals surface area (Å²) in [6.07, 6.45) is 1.82. The number of hydrogen-bond acceptors (Lipinski definition) is 3. The van der Waals surface area contributed by atoms with Crippen LogP contribution in [0.2, 0.25) is 0 Å². The Labute approximate surface area is 165 Å². The van der Waals surface area contributed by atoms with Crippen molar-refractivity contribution in [2.24, 2.45) is 5.73 Å². The van der Waals surface area contributed by atoms with Crippen molar-refractivity contribution in [1.82, 2.24) is 9.97 Å². The topological polar surface area (TPSA) is 51.8 Å². The van der Waals surface area contributed by atoms with Gasteiger partial charge in [0, 0.05) is 34.4 Å². The van der Waals surface area contributed by atoms with E-state index in [1.54, 1.807) is 0 Å². The van der Waals surface area contributed by atoms with Gasteiger partial charge in [0.25, 0.3) is 0 Å². The van der Waals surface area contributed by atoms with Gasteiger partial charge in [0.1, 0.15) is 0 Å². The van der Waals surface area contributed by atoms with Crippen LogP contribution >= 0.6 is 12.4 Å². The molecule has 2 aromatic carbocycles. The zero-order valence-corrected chi connectivity index (χ0v) is 16.2. The molecule has 4 aromatic rings. The largest absolute Gasteiger partial charge is 0.324 e. The molecule has 0 spiro atoms. The van der Waals surface area contributed by atoms with Crippen molar-refractivity contribution in [3.63, 3.8) is 0 Å². The van der Waals surface area contributed by atoms with Crippen molar-refractivity contribution >= 4 is 23.3 Å². The lowest BCUT2D eigenvalue weighted by Crippen LogP contribution is -2.04. The minimum Gasteiger partial charge on any atom is -0.324 e. The quantitative estimate of drug-likeness (QED) is 0.498. The van der Waals surface area contributed by atoms with E-state index < -0.39 is 0 Å². The van der Waals surface area contributed by atoms with Gasteiger partial charge in [-0.2, -0.15) is 0 Å². The van der Waals surface area contributed by atoms with E-state index in [9.17, 15) is 0 Å². The zero-order valence-electron chi connectivity index (χ0n) is 15.4. The van der Waals surface area contributed by atoms with Crippen LogP contribution in [-0.2, 0) is 0 Å². The summed E-state index contributed by atoms with van der Waals surface area (Å²) in [5, 5.41) is 1.09. The molecule has 136 valence electrons. The van der Waals surface area contributed by atoms with Crippen molar-refractivity contribution < 1.29 is 0 Å². The van der Waals surface area contributed by atoms with E-state index in [4.69, 9.17) is 10.7 Å². The molecule has 1 unspecified atom stereocenters. The molecule has 0 aliphatic carbocycles. The summed E-state index contributed by atoms with van der Waals surface area (Å²) < 4.78 is 0. The first-order valence-electron chi connectivity index (χ1n) is 8.81. The Morgan fingerprint density at radius 2 is 1.59 bits per heavy atom. The zero-order chi connectivity index (χ0) is 18.1. The third kappa shape index (κ3) is 3.70. The first-order chi connectivity index (χ1) is 12.6. The van der Waals surface area contributed by atoms with E-state index in [2.05, 4.69) is 59.6 Å². The number of pyridine rings is 2. The smallest absolute Gasteiger partial charge is 0.0788 e. The van der Waals surface area contributed by atoms with E-state index in [-0.39, 0.29) is 18.4 Å². The fourth-order valence-corrected chi connectivity index (χ4v) is 3.24. The van der Waals surface area contributed by atoms with Gasteiger partial charge in [0.05, 0.1) is 11.2 Å². The highest BCUT2D eigenvalue weighted by Gasteiger charge is 2.13. The van der Waals surface area contributed by atoms with Crippen LogP contribution in [0, 0.1) is 6.92 Å². The maximum absolute atomic E-state index is 5.99. The molecule has 0 aliphatic rings. The van der Waals surface area contributed by atoms with E-state index in [0.29, 0.717) is 0 Å². The number of hydrogen-bond donors (Lipinski definition) is 1. The van der Waals surface area contributed by atoms with Crippen LogP contribution in [0.15, 0.2) is 72.9 Å². The number of halogens is 1. The van der Waals surface area contributed by atoms with Crippen LogP contribution in [0.5, 0.6) is 0 Å². The highest BCUT2D eigenvalue weighted by molar-refractivity contribution is 5.92. The Morgan fingerprint density at radius 3 is 2.26 bits per heavy atom. The van der Waals surface area contributed by atoms with Crippen LogP contribution < -0.4 is 5.73 Å². The molecule has 27 heavy (non-hydrogen) atoms. The second-order valence-electron chi connectivity index (χ2n) is 6.62. The highest BCUT2D eigenvalue weighted by Crippen LogP contribution is 2.34. The van der Waals surface area contributed by atoms with Gasteiger partial charge in [0.2, 0.25) is 0 Å². The summed E-state index contributed by atoms with van der Waals surface area (Å²) in [5.41, 5.74) is 13.4. The molecule has 1 atom stereocenters. The monoisotopic (exact) mass is 375 g/mol. The lowest BCUT2D eigenvalue weighted by molar-refractivity contribution is 0.818. The first-order valence-corrected chi connectivity index (χ1v) is 8.81. The molecule has 2 N–H and O–H groups in total. The van der Waals surface area contributed by atoms with E-state index >= 15 is 0 Å². The molecular weight excluding hydrogens is 354 g/mol. The molecular formula is C23H22ClN3. The fraction of sp³-hybridized carbons (Fsp3) is 0.130. The summed E-state index contributed by atoms with van der Waals surface area (Å²) in [4.78, 5) is 9.41. The van der Waals surface area contributed by atoms with Gasteiger partial charge in [-0.05, 0) is 37.1 Å². The Kier molecular flexibility index (Phi) is 5.54. The predicted octanol–water partition coefficient (Wildman–Crippen LogP) is 5.71. The SMILES string of the molecule is Cc1nccc2nc(-c3ccc(C(C)N)cc3)c(-c3ccccc3)cc12.Cl. The number of nitrogens with two attached hydrogens (primary N) is 1. The molecule has 0 amide bonds. The van der Waals surface area contributed by atoms with Gasteiger partial charge in [-0.15, -0.1) is 12.4 Å². The van der Waals surface area contributed by atoms with Crippen LogP contribution in [-0.4, -0.2) is 9.97 Å². The molecule has 4 heteroatoms. The second kappa shape index (κ2) is 7.87. The third-order valence-corrected chi connectivity index (χ3v) is 4.74. The molecule has 2 aromatic heterocycles. The summed E-state index contributed by atoms with van der Waals surface area (Å²) in [7, 11) is 0. The minimum absolute atomic E-state index is 0. The highest BCUT2D eigenvalue weighted by atomic mass is 35.5. The molecule has 0 fully saturated rings. The Balaban J connectivity index is 0.00000210. The first kappa shape index (κ1) is 19.0. The summed E-state index contributed by atoms with van der Waals surface area (Å²) in [6.45, 7) is 4.02. The van der Waals surface area contributed by atoms with Crippen molar-refractivity contribution in [3.8, 4) is 22.4 Å². The maximum Gasteiger partial charge on any atom is 0.0788 e. The standard InChI is InChI=1S/C23H21N3.ClH/c1-15(24)17-8-10-19(11-9-17)23-21(18-6-4-3-5-7-18)14-20-16(2)25-13-12-22(20)26-23;/h3-15H,24H2,1-2H3;1H. The van der Waals surface area contributed by atoms with Crippen LogP contribution in [0.1, 0.15) is 24.2 Å².